The van der Waals surface area contributed by atoms with Gasteiger partial charge in [-0.15, -0.1) is 0 Å². The van der Waals surface area contributed by atoms with Crippen LogP contribution < -0.4 is 5.32 Å². The predicted octanol–water partition coefficient (Wildman–Crippen LogP) is 3.90. The van der Waals surface area contributed by atoms with Gasteiger partial charge in [0.15, 0.2) is 0 Å². The van der Waals surface area contributed by atoms with Crippen molar-refractivity contribution in [3.05, 3.63) is 60.4 Å². The number of nitrogens with one attached hydrogen (secondary N) is 1. The Morgan fingerprint density at radius 3 is 2.57 bits per heavy atom. The van der Waals surface area contributed by atoms with Gasteiger partial charge in [0, 0.05) is 23.8 Å². The van der Waals surface area contributed by atoms with Crippen molar-refractivity contribution >= 4 is 6.08 Å². The number of pyridine rings is 1. The number of fused-ring (bicyclic) bond motifs is 2. The summed E-state index contributed by atoms with van der Waals surface area (Å²) in [7, 11) is 0. The first-order valence-corrected chi connectivity index (χ1v) is 7.84. The van der Waals surface area contributed by atoms with Gasteiger partial charge in [0.1, 0.15) is 0 Å². The topological polar surface area (TPSA) is 24.9 Å². The molecule has 0 spiro atoms. The standard InChI is InChI=1S/C19H20N2/c1-2-4-14(5-3-1)16-7-9-17(20-13-16)8-6-15-12-18-10-11-19(15)21-18/h1-9,13,15,18-19,21H,10-12H2/b8-6+. The Kier molecular flexibility index (Phi) is 3.32. The third-order valence-electron chi connectivity index (χ3n) is 4.76. The summed E-state index contributed by atoms with van der Waals surface area (Å²) in [6, 6.07) is 16.1. The van der Waals surface area contributed by atoms with Crippen molar-refractivity contribution in [1.29, 1.82) is 0 Å². The molecule has 1 aromatic heterocycles. The number of benzene rings is 1. The minimum absolute atomic E-state index is 0.694. The minimum Gasteiger partial charge on any atom is -0.311 e. The Balaban J connectivity index is 1.47. The second kappa shape index (κ2) is 5.45. The van der Waals surface area contributed by atoms with Crippen molar-refractivity contribution in [3.63, 3.8) is 0 Å². The largest absolute Gasteiger partial charge is 0.311 e. The van der Waals surface area contributed by atoms with E-state index in [-0.39, 0.29) is 0 Å². The van der Waals surface area contributed by atoms with Crippen molar-refractivity contribution in [1.82, 2.24) is 10.3 Å². The minimum atomic E-state index is 0.694. The average molecular weight is 276 g/mol. The molecule has 0 aliphatic carbocycles. The van der Waals surface area contributed by atoms with E-state index in [2.05, 4.69) is 58.9 Å². The molecule has 2 aliphatic heterocycles. The lowest BCUT2D eigenvalue weighted by atomic mass is 9.89. The fraction of sp³-hybridized carbons (Fsp3) is 0.316. The first-order chi connectivity index (χ1) is 10.4. The first kappa shape index (κ1) is 12.8. The highest BCUT2D eigenvalue weighted by Gasteiger charge is 2.37. The molecule has 2 saturated heterocycles. The van der Waals surface area contributed by atoms with Crippen LogP contribution in [0.3, 0.4) is 0 Å². The monoisotopic (exact) mass is 276 g/mol. The Morgan fingerprint density at radius 2 is 1.90 bits per heavy atom. The molecule has 3 unspecified atom stereocenters. The molecule has 2 bridgehead atoms. The highest BCUT2D eigenvalue weighted by Crippen LogP contribution is 2.34. The summed E-state index contributed by atoms with van der Waals surface area (Å²) in [5.74, 6) is 0.694. The van der Waals surface area contributed by atoms with E-state index in [1.807, 2.05) is 12.3 Å². The van der Waals surface area contributed by atoms with Gasteiger partial charge in [-0.3, -0.25) is 4.98 Å². The summed E-state index contributed by atoms with van der Waals surface area (Å²) in [6.45, 7) is 0. The van der Waals surface area contributed by atoms with Gasteiger partial charge in [-0.2, -0.15) is 0 Å². The molecule has 0 amide bonds. The maximum Gasteiger partial charge on any atom is 0.0627 e. The van der Waals surface area contributed by atoms with Gasteiger partial charge in [0.2, 0.25) is 0 Å². The summed E-state index contributed by atoms with van der Waals surface area (Å²) in [4.78, 5) is 4.57. The molecule has 21 heavy (non-hydrogen) atoms. The molecular formula is C19H20N2. The quantitative estimate of drug-likeness (QED) is 0.919. The zero-order valence-corrected chi connectivity index (χ0v) is 12.1. The van der Waals surface area contributed by atoms with Crippen LogP contribution in [-0.2, 0) is 0 Å². The van der Waals surface area contributed by atoms with Gasteiger partial charge < -0.3 is 5.32 Å². The van der Waals surface area contributed by atoms with E-state index >= 15 is 0 Å². The molecule has 2 aliphatic rings. The van der Waals surface area contributed by atoms with Gasteiger partial charge in [-0.05, 0) is 42.9 Å². The van der Waals surface area contributed by atoms with Crippen molar-refractivity contribution < 1.29 is 0 Å². The van der Waals surface area contributed by atoms with Crippen molar-refractivity contribution in [3.8, 4) is 11.1 Å². The van der Waals surface area contributed by atoms with Crippen LogP contribution in [0.5, 0.6) is 0 Å². The molecule has 106 valence electrons. The molecule has 3 atom stereocenters. The Labute approximate surface area is 125 Å². The molecule has 0 radical (unpaired) electrons. The number of aromatic nitrogens is 1. The maximum absolute atomic E-state index is 4.57. The smallest absolute Gasteiger partial charge is 0.0627 e. The lowest BCUT2D eigenvalue weighted by Crippen LogP contribution is -2.21. The second-order valence-corrected chi connectivity index (χ2v) is 6.14. The molecule has 0 saturated carbocycles. The number of rotatable bonds is 3. The van der Waals surface area contributed by atoms with Crippen LogP contribution in [0, 0.1) is 5.92 Å². The molecule has 1 N–H and O–H groups in total. The third kappa shape index (κ3) is 2.64. The third-order valence-corrected chi connectivity index (χ3v) is 4.76. The van der Waals surface area contributed by atoms with Crippen LogP contribution >= 0.6 is 0 Å². The average Bonchev–Trinajstić information content (AvgIpc) is 3.17. The molecular weight excluding hydrogens is 256 g/mol. The van der Waals surface area contributed by atoms with Crippen molar-refractivity contribution in [2.75, 3.05) is 0 Å². The molecule has 2 fully saturated rings. The SMILES string of the molecule is C(=C\C1CC2CCC1N2)/c1ccc(-c2ccccc2)cn1. The Morgan fingerprint density at radius 1 is 1.00 bits per heavy atom. The van der Waals surface area contributed by atoms with Crippen molar-refractivity contribution in [2.24, 2.45) is 5.92 Å². The number of nitrogens with zero attached hydrogens (tertiary/aromatic N) is 1. The molecule has 1 aromatic carbocycles. The van der Waals surface area contributed by atoms with Gasteiger partial charge in [-0.25, -0.2) is 0 Å². The molecule has 4 rings (SSSR count). The predicted molar refractivity (Wildman–Crippen MR) is 86.8 cm³/mol. The summed E-state index contributed by atoms with van der Waals surface area (Å²) in [6.07, 6.45) is 10.5. The molecule has 2 nitrogen and oxygen atoms in total. The lowest BCUT2D eigenvalue weighted by molar-refractivity contribution is 0.481. The van der Waals surface area contributed by atoms with Crippen LogP contribution in [0.4, 0.5) is 0 Å². The summed E-state index contributed by atoms with van der Waals surface area (Å²) < 4.78 is 0. The van der Waals surface area contributed by atoms with Crippen LogP contribution in [0.1, 0.15) is 25.0 Å². The lowest BCUT2D eigenvalue weighted by Gasteiger charge is -2.15. The van der Waals surface area contributed by atoms with Crippen LogP contribution in [0.25, 0.3) is 17.2 Å². The first-order valence-electron chi connectivity index (χ1n) is 7.84. The highest BCUT2D eigenvalue weighted by atomic mass is 15.0. The fourth-order valence-electron chi connectivity index (χ4n) is 3.61. The highest BCUT2D eigenvalue weighted by molar-refractivity contribution is 5.63. The summed E-state index contributed by atoms with van der Waals surface area (Å²) in [5, 5.41) is 3.67. The van der Waals surface area contributed by atoms with Gasteiger partial charge in [0.25, 0.3) is 0 Å². The van der Waals surface area contributed by atoms with E-state index in [9.17, 15) is 0 Å². The van der Waals surface area contributed by atoms with E-state index in [4.69, 9.17) is 0 Å². The zero-order valence-electron chi connectivity index (χ0n) is 12.1. The van der Waals surface area contributed by atoms with Gasteiger partial charge >= 0.3 is 0 Å². The Bertz CT molecular complexity index is 630. The second-order valence-electron chi connectivity index (χ2n) is 6.14. The van der Waals surface area contributed by atoms with E-state index in [0.29, 0.717) is 12.0 Å². The van der Waals surface area contributed by atoms with E-state index in [0.717, 1.165) is 11.7 Å². The number of hydrogen-bond donors (Lipinski definition) is 1. The van der Waals surface area contributed by atoms with Crippen LogP contribution in [-0.4, -0.2) is 17.1 Å². The van der Waals surface area contributed by atoms with E-state index < -0.39 is 0 Å². The van der Waals surface area contributed by atoms with Crippen molar-refractivity contribution in [2.45, 2.75) is 31.3 Å². The van der Waals surface area contributed by atoms with Crippen LogP contribution in [0.15, 0.2) is 54.7 Å². The summed E-state index contributed by atoms with van der Waals surface area (Å²) >= 11 is 0. The van der Waals surface area contributed by atoms with E-state index in [1.54, 1.807) is 0 Å². The summed E-state index contributed by atoms with van der Waals surface area (Å²) in [5.41, 5.74) is 3.45. The molecule has 3 heterocycles. The normalized spacial score (nSPS) is 27.5. The van der Waals surface area contributed by atoms with Crippen LogP contribution in [0.2, 0.25) is 0 Å². The molecule has 2 aromatic rings. The fourth-order valence-corrected chi connectivity index (χ4v) is 3.61. The number of hydrogen-bond acceptors (Lipinski definition) is 2. The van der Waals surface area contributed by atoms with E-state index in [1.165, 1.54) is 30.4 Å². The molecule has 2 heteroatoms. The van der Waals surface area contributed by atoms with Gasteiger partial charge in [0.05, 0.1) is 5.69 Å². The van der Waals surface area contributed by atoms with Gasteiger partial charge in [-0.1, -0.05) is 42.5 Å². The Hall–Kier alpha value is -1.93. The maximum atomic E-state index is 4.57. The zero-order chi connectivity index (χ0) is 14.1.